The van der Waals surface area contributed by atoms with Gasteiger partial charge in [0, 0.05) is 36.6 Å². The zero-order valence-corrected chi connectivity index (χ0v) is 31.8. The van der Waals surface area contributed by atoms with Crippen molar-refractivity contribution in [2.24, 2.45) is 18.0 Å². The molecule has 3 N–H and O–H groups in total. The molecule has 12 nitrogen and oxygen atoms in total. The molecule has 0 spiro atoms. The van der Waals surface area contributed by atoms with Crippen molar-refractivity contribution < 1.29 is 44.7 Å². The van der Waals surface area contributed by atoms with Crippen LogP contribution in [0.25, 0.3) is 10.9 Å². The topological polar surface area (TPSA) is 147 Å². The lowest BCUT2D eigenvalue weighted by molar-refractivity contribution is -0.122. The number of anilines is 2. The minimum absolute atomic E-state index is 0.0174. The second-order valence-corrected chi connectivity index (χ2v) is 16.5. The zero-order chi connectivity index (χ0) is 40.9. The van der Waals surface area contributed by atoms with Crippen LogP contribution >= 0.6 is 11.6 Å². The first kappa shape index (κ1) is 38.7. The molecule has 4 atom stereocenters. The highest BCUT2D eigenvalue weighted by atomic mass is 35.5. The number of nitrogens with one attached hydrogen (secondary N) is 2. The van der Waals surface area contributed by atoms with Crippen molar-refractivity contribution in [2.45, 2.75) is 63.3 Å². The summed E-state index contributed by atoms with van der Waals surface area (Å²) in [5.41, 5.74) is -0.0646. The van der Waals surface area contributed by atoms with Gasteiger partial charge in [-0.1, -0.05) is 30.7 Å². The van der Waals surface area contributed by atoms with Crippen molar-refractivity contribution >= 4 is 61.5 Å². The zero-order valence-electron chi connectivity index (χ0n) is 30.2. The maximum Gasteiger partial charge on any atom is 0.293 e. The van der Waals surface area contributed by atoms with Crippen LogP contribution in [0, 0.1) is 17.6 Å². The van der Waals surface area contributed by atoms with E-state index in [2.05, 4.69) is 20.2 Å². The molecule has 1 amide bonds. The van der Waals surface area contributed by atoms with Crippen molar-refractivity contribution in [3.63, 3.8) is 0 Å². The normalized spacial score (nSPS) is 20.0. The standard InChI is InChI=1S/C37H33ClF6N8O4S/c1-4-16-5-6-20-24(11-16)46-35(52(36(20)54)26-8-7-23(38)29-31(26)50(2)48-34(29)49-57(3,55)56)25(12-17-9-18(39)13-19(40)10-17)45-27(53)15-51-32-28(30(47-51)33(41)42)21-14-22(21)37(32,43)44/h5-11,13,21-22,25,33,36,54H,4,12,14-15H2,1-3H3,(H,45,53)(H,48,49)/t21?,22?,25-,36?/m0/s1. The van der Waals surface area contributed by atoms with Crippen LogP contribution in [0.2, 0.25) is 5.02 Å². The van der Waals surface area contributed by atoms with Gasteiger partial charge < -0.3 is 10.4 Å². The molecule has 20 heteroatoms. The Bertz CT molecular complexity index is 2610. The number of rotatable bonds is 11. The summed E-state index contributed by atoms with van der Waals surface area (Å²) in [6.07, 6.45) is -3.61. The fraction of sp³-hybridized carbons (Fsp3) is 0.351. The second-order valence-electron chi connectivity index (χ2n) is 14.4. The molecule has 0 bridgehead atoms. The van der Waals surface area contributed by atoms with Crippen LogP contribution in [-0.4, -0.2) is 57.1 Å². The molecule has 2 aromatic heterocycles. The van der Waals surface area contributed by atoms with E-state index in [1.54, 1.807) is 18.2 Å². The van der Waals surface area contributed by atoms with Crippen LogP contribution in [0.15, 0.2) is 53.5 Å². The van der Waals surface area contributed by atoms with E-state index in [-0.39, 0.29) is 62.9 Å². The van der Waals surface area contributed by atoms with Crippen molar-refractivity contribution in [2.75, 3.05) is 15.9 Å². The average Bonchev–Trinajstić information content (AvgIpc) is 3.66. The van der Waals surface area contributed by atoms with E-state index >= 15 is 8.78 Å². The molecule has 57 heavy (non-hydrogen) atoms. The molecular formula is C37H33ClF6N8O4S. The second kappa shape index (κ2) is 13.8. The first-order valence-corrected chi connectivity index (χ1v) is 20.0. The summed E-state index contributed by atoms with van der Waals surface area (Å²) in [4.78, 5) is 20.2. The predicted octanol–water partition coefficient (Wildman–Crippen LogP) is 6.75. The lowest BCUT2D eigenvalue weighted by Gasteiger charge is -2.39. The molecule has 300 valence electrons. The minimum atomic E-state index is -3.86. The molecule has 3 aliphatic rings. The Labute approximate surface area is 326 Å². The minimum Gasteiger partial charge on any atom is -0.369 e. The summed E-state index contributed by atoms with van der Waals surface area (Å²) < 4.78 is 117. The maximum absolute atomic E-state index is 15.4. The van der Waals surface area contributed by atoms with Gasteiger partial charge in [0.05, 0.1) is 39.6 Å². The molecule has 1 aliphatic heterocycles. The summed E-state index contributed by atoms with van der Waals surface area (Å²) in [6.45, 7) is 0.963. The van der Waals surface area contributed by atoms with E-state index in [1.807, 2.05) is 6.92 Å². The Balaban J connectivity index is 1.28. The van der Waals surface area contributed by atoms with Crippen LogP contribution < -0.4 is 14.9 Å². The number of aliphatic hydroxyl groups is 1. The molecule has 8 rings (SSSR count). The number of hydrogen-bond acceptors (Lipinski definition) is 8. The molecule has 3 aromatic carbocycles. The fourth-order valence-electron chi connectivity index (χ4n) is 7.99. The first-order chi connectivity index (χ1) is 26.9. The van der Waals surface area contributed by atoms with Gasteiger partial charge in [-0.15, -0.1) is 0 Å². The third kappa shape index (κ3) is 6.78. The summed E-state index contributed by atoms with van der Waals surface area (Å²) in [6, 6.07) is 9.34. The monoisotopic (exact) mass is 834 g/mol. The Hall–Kier alpha value is -5.14. The number of aryl methyl sites for hydroxylation is 2. The third-order valence-corrected chi connectivity index (χ3v) is 11.3. The quantitative estimate of drug-likeness (QED) is 0.125. The van der Waals surface area contributed by atoms with Gasteiger partial charge in [0.25, 0.3) is 12.3 Å². The van der Waals surface area contributed by atoms with Gasteiger partial charge in [-0.3, -0.25) is 23.8 Å². The molecule has 3 unspecified atom stereocenters. The summed E-state index contributed by atoms with van der Waals surface area (Å²) >= 11 is 6.61. The molecule has 0 saturated heterocycles. The molecule has 1 fully saturated rings. The van der Waals surface area contributed by atoms with Gasteiger partial charge in [0.2, 0.25) is 15.9 Å². The van der Waals surface area contributed by atoms with Crippen LogP contribution in [0.5, 0.6) is 0 Å². The highest BCUT2D eigenvalue weighted by molar-refractivity contribution is 7.92. The van der Waals surface area contributed by atoms with E-state index < -0.39 is 82.0 Å². The number of carbonyl (C=O) groups is 1. The number of amides is 1. The van der Waals surface area contributed by atoms with E-state index in [9.17, 15) is 35.9 Å². The molecular weight excluding hydrogens is 802 g/mol. The van der Waals surface area contributed by atoms with E-state index in [0.717, 1.165) is 24.0 Å². The van der Waals surface area contributed by atoms with E-state index in [0.29, 0.717) is 22.7 Å². The van der Waals surface area contributed by atoms with Gasteiger partial charge in [0.1, 0.15) is 35.4 Å². The molecule has 1 saturated carbocycles. The van der Waals surface area contributed by atoms with Gasteiger partial charge in [0.15, 0.2) is 12.0 Å². The Kier molecular flexibility index (Phi) is 9.35. The van der Waals surface area contributed by atoms with Crippen molar-refractivity contribution in [1.82, 2.24) is 24.9 Å². The Morgan fingerprint density at radius 2 is 1.79 bits per heavy atom. The van der Waals surface area contributed by atoms with Gasteiger partial charge in [-0.25, -0.2) is 31.0 Å². The highest BCUT2D eigenvalue weighted by Gasteiger charge is 2.67. The molecule has 0 radical (unpaired) electrons. The number of aromatic nitrogens is 4. The number of benzene rings is 3. The smallest absolute Gasteiger partial charge is 0.293 e. The van der Waals surface area contributed by atoms with Crippen molar-refractivity contribution in [3.8, 4) is 0 Å². The third-order valence-electron chi connectivity index (χ3n) is 10.4. The molecule has 3 heterocycles. The highest BCUT2D eigenvalue weighted by Crippen LogP contribution is 2.68. The summed E-state index contributed by atoms with van der Waals surface area (Å²) in [5, 5.41) is 23.2. The van der Waals surface area contributed by atoms with Gasteiger partial charge in [-0.2, -0.15) is 19.0 Å². The van der Waals surface area contributed by atoms with Crippen LogP contribution in [0.1, 0.15) is 65.6 Å². The Morgan fingerprint density at radius 1 is 1.07 bits per heavy atom. The molecule has 2 aliphatic carbocycles. The van der Waals surface area contributed by atoms with E-state index in [4.69, 9.17) is 16.6 Å². The van der Waals surface area contributed by atoms with Gasteiger partial charge >= 0.3 is 0 Å². The number of amidine groups is 1. The van der Waals surface area contributed by atoms with Crippen molar-refractivity contribution in [3.05, 3.63) is 98.8 Å². The van der Waals surface area contributed by atoms with Crippen molar-refractivity contribution in [1.29, 1.82) is 0 Å². The predicted molar refractivity (Wildman–Crippen MR) is 198 cm³/mol. The number of aliphatic imine (C=N–C) groups is 1. The number of fused-ring (bicyclic) bond motifs is 5. The largest absolute Gasteiger partial charge is 0.369 e. The number of nitrogens with zero attached hydrogens (tertiary/aromatic N) is 6. The number of alkyl halides is 4. The van der Waals surface area contributed by atoms with E-state index in [1.165, 1.54) is 28.8 Å². The number of aliphatic hydroxyl groups excluding tert-OH is 1. The summed E-state index contributed by atoms with van der Waals surface area (Å²) in [7, 11) is -2.37. The molecule has 5 aromatic rings. The van der Waals surface area contributed by atoms with Gasteiger partial charge in [-0.05, 0) is 60.2 Å². The number of carbonyl (C=O) groups excluding carboxylic acids is 1. The Morgan fingerprint density at radius 3 is 2.46 bits per heavy atom. The average molecular weight is 835 g/mol. The summed E-state index contributed by atoms with van der Waals surface area (Å²) in [5.74, 6) is -8.61. The maximum atomic E-state index is 15.4. The van der Waals surface area contributed by atoms with Crippen LogP contribution in [0.3, 0.4) is 0 Å². The number of hydrogen-bond donors (Lipinski definition) is 3. The van der Waals surface area contributed by atoms with Crippen LogP contribution in [0.4, 0.5) is 43.5 Å². The lowest BCUT2D eigenvalue weighted by atomic mass is 9.98. The van der Waals surface area contributed by atoms with Crippen LogP contribution in [-0.2, 0) is 47.2 Å². The first-order valence-electron chi connectivity index (χ1n) is 17.7. The SMILES string of the molecule is CCc1ccc2c(c1)N=C([C@H](Cc1cc(F)cc(F)c1)NC(=O)Cn1nc(C(F)F)c3c1C(F)(F)C1CC31)N(c1ccc(Cl)c3c(NS(C)(=O)=O)nn(C)c13)C2O. The fourth-order valence-corrected chi connectivity index (χ4v) is 8.73. The number of sulfonamides is 1. The number of halogens is 7. The lowest BCUT2D eigenvalue weighted by Crippen LogP contribution is -2.53.